The molecule has 122 valence electrons. The molecule has 0 saturated carbocycles. The maximum atomic E-state index is 5.80. The van der Waals surface area contributed by atoms with Crippen LogP contribution in [-0.2, 0) is 6.61 Å². The number of nitrogens with one attached hydrogen (secondary N) is 1. The molecule has 25 heavy (non-hydrogen) atoms. The number of hydrogen-bond acceptors (Lipinski definition) is 4. The van der Waals surface area contributed by atoms with E-state index < -0.39 is 0 Å². The molecule has 4 aromatic rings. The van der Waals surface area contributed by atoms with Crippen LogP contribution in [0.5, 0.6) is 5.75 Å². The zero-order chi connectivity index (χ0) is 16.9. The highest BCUT2D eigenvalue weighted by Crippen LogP contribution is 2.20. The first-order valence-electron chi connectivity index (χ1n) is 8.12. The van der Waals surface area contributed by atoms with Gasteiger partial charge in [0.05, 0.1) is 17.2 Å². The summed E-state index contributed by atoms with van der Waals surface area (Å²) >= 11 is 0. The number of para-hydroxylation sites is 2. The van der Waals surface area contributed by atoms with Crippen molar-refractivity contribution in [1.82, 2.24) is 9.97 Å². The molecular weight excluding hydrogens is 310 g/mol. The van der Waals surface area contributed by atoms with Crippen LogP contribution in [0.3, 0.4) is 0 Å². The molecule has 3 aromatic carbocycles. The van der Waals surface area contributed by atoms with Gasteiger partial charge in [-0.05, 0) is 42.0 Å². The van der Waals surface area contributed by atoms with Crippen LogP contribution in [0.4, 0.5) is 11.5 Å². The largest absolute Gasteiger partial charge is 0.489 e. The number of hydrogen-bond donors (Lipinski definition) is 1. The van der Waals surface area contributed by atoms with E-state index in [0.717, 1.165) is 33.9 Å². The van der Waals surface area contributed by atoms with E-state index in [0.29, 0.717) is 6.61 Å². The van der Waals surface area contributed by atoms with Gasteiger partial charge in [-0.25, -0.2) is 4.98 Å². The van der Waals surface area contributed by atoms with Gasteiger partial charge >= 0.3 is 0 Å². The molecule has 0 radical (unpaired) electrons. The van der Waals surface area contributed by atoms with Crippen LogP contribution in [0.2, 0.25) is 0 Å². The SMILES string of the molecule is c1ccc(COc2ccc(Nc3cnc4ccccc4n3)cc2)cc1. The second-order valence-corrected chi connectivity index (χ2v) is 5.67. The third kappa shape index (κ3) is 3.75. The highest BCUT2D eigenvalue weighted by Gasteiger charge is 2.01. The average Bonchev–Trinajstić information content (AvgIpc) is 2.68. The van der Waals surface area contributed by atoms with E-state index in [2.05, 4.69) is 15.3 Å². The Kier molecular flexibility index (Phi) is 4.25. The average molecular weight is 327 g/mol. The summed E-state index contributed by atoms with van der Waals surface area (Å²) in [6, 6.07) is 25.8. The first kappa shape index (κ1) is 15.1. The first-order valence-corrected chi connectivity index (χ1v) is 8.12. The van der Waals surface area contributed by atoms with E-state index in [1.54, 1.807) is 6.20 Å². The molecule has 4 nitrogen and oxygen atoms in total. The molecule has 0 bridgehead atoms. The Balaban J connectivity index is 1.42. The van der Waals surface area contributed by atoms with E-state index in [9.17, 15) is 0 Å². The Hall–Kier alpha value is -3.40. The van der Waals surface area contributed by atoms with E-state index in [1.807, 2.05) is 78.9 Å². The summed E-state index contributed by atoms with van der Waals surface area (Å²) in [6.45, 7) is 0.559. The summed E-state index contributed by atoms with van der Waals surface area (Å²) in [5, 5.41) is 3.27. The molecule has 4 rings (SSSR count). The van der Waals surface area contributed by atoms with Gasteiger partial charge in [0.1, 0.15) is 18.2 Å². The van der Waals surface area contributed by atoms with Crippen LogP contribution >= 0.6 is 0 Å². The maximum Gasteiger partial charge on any atom is 0.149 e. The first-order chi connectivity index (χ1) is 12.4. The fourth-order valence-corrected chi connectivity index (χ4v) is 2.54. The molecule has 1 heterocycles. The predicted molar refractivity (Wildman–Crippen MR) is 100 cm³/mol. The monoisotopic (exact) mass is 327 g/mol. The molecule has 0 fully saturated rings. The lowest BCUT2D eigenvalue weighted by Gasteiger charge is -2.09. The van der Waals surface area contributed by atoms with E-state index in [4.69, 9.17) is 4.74 Å². The molecular formula is C21H17N3O. The zero-order valence-electron chi connectivity index (χ0n) is 13.6. The van der Waals surface area contributed by atoms with Crippen LogP contribution in [0, 0.1) is 0 Å². The minimum Gasteiger partial charge on any atom is -0.489 e. The van der Waals surface area contributed by atoms with Gasteiger partial charge in [-0.3, -0.25) is 4.98 Å². The Bertz CT molecular complexity index is 969. The summed E-state index contributed by atoms with van der Waals surface area (Å²) in [5.74, 6) is 1.55. The van der Waals surface area contributed by atoms with Crippen molar-refractivity contribution in [1.29, 1.82) is 0 Å². The minimum absolute atomic E-state index is 0.559. The van der Waals surface area contributed by atoms with Crippen LogP contribution in [0.1, 0.15) is 5.56 Å². The van der Waals surface area contributed by atoms with Crippen molar-refractivity contribution < 1.29 is 4.74 Å². The Morgan fingerprint density at radius 3 is 2.28 bits per heavy atom. The molecule has 0 amide bonds. The number of nitrogens with zero attached hydrogens (tertiary/aromatic N) is 2. The quantitative estimate of drug-likeness (QED) is 0.563. The van der Waals surface area contributed by atoms with Crippen LogP contribution < -0.4 is 10.1 Å². The second-order valence-electron chi connectivity index (χ2n) is 5.67. The molecule has 1 N–H and O–H groups in total. The number of fused-ring (bicyclic) bond motifs is 1. The minimum atomic E-state index is 0.559. The van der Waals surface area contributed by atoms with E-state index >= 15 is 0 Å². The molecule has 0 saturated heterocycles. The normalized spacial score (nSPS) is 10.6. The fraction of sp³-hybridized carbons (Fsp3) is 0.0476. The number of benzene rings is 3. The third-order valence-electron chi connectivity index (χ3n) is 3.82. The van der Waals surface area contributed by atoms with Crippen molar-refractivity contribution in [3.05, 3.63) is 90.6 Å². The van der Waals surface area contributed by atoms with Gasteiger partial charge in [0, 0.05) is 5.69 Å². The van der Waals surface area contributed by atoms with Gasteiger partial charge in [0.15, 0.2) is 0 Å². The zero-order valence-corrected chi connectivity index (χ0v) is 13.6. The third-order valence-corrected chi connectivity index (χ3v) is 3.82. The standard InChI is InChI=1S/C21H17N3O/c1-2-6-16(7-3-1)15-25-18-12-10-17(11-13-18)23-21-14-22-19-8-4-5-9-20(19)24-21/h1-14H,15H2,(H,23,24). The highest BCUT2D eigenvalue weighted by atomic mass is 16.5. The Morgan fingerprint density at radius 2 is 1.48 bits per heavy atom. The van der Waals surface area contributed by atoms with Crippen molar-refractivity contribution in [2.24, 2.45) is 0 Å². The lowest BCUT2D eigenvalue weighted by Crippen LogP contribution is -1.97. The summed E-state index contributed by atoms with van der Waals surface area (Å²) < 4.78 is 5.80. The second kappa shape index (κ2) is 7.01. The van der Waals surface area contributed by atoms with Gasteiger partial charge in [0.2, 0.25) is 0 Å². The van der Waals surface area contributed by atoms with Gasteiger partial charge in [0.25, 0.3) is 0 Å². The molecule has 1 aromatic heterocycles. The van der Waals surface area contributed by atoms with Crippen molar-refractivity contribution in [2.75, 3.05) is 5.32 Å². The lowest BCUT2D eigenvalue weighted by atomic mass is 10.2. The summed E-state index contributed by atoms with van der Waals surface area (Å²) in [4.78, 5) is 8.97. The number of anilines is 2. The van der Waals surface area contributed by atoms with E-state index in [-0.39, 0.29) is 0 Å². The van der Waals surface area contributed by atoms with Crippen LogP contribution in [0.25, 0.3) is 11.0 Å². The molecule has 4 heteroatoms. The molecule has 0 aliphatic carbocycles. The smallest absolute Gasteiger partial charge is 0.149 e. The van der Waals surface area contributed by atoms with Gasteiger partial charge in [-0.15, -0.1) is 0 Å². The van der Waals surface area contributed by atoms with Crippen LogP contribution in [0.15, 0.2) is 85.1 Å². The fourth-order valence-electron chi connectivity index (χ4n) is 2.54. The molecule has 0 spiro atoms. The van der Waals surface area contributed by atoms with Crippen molar-refractivity contribution in [3.8, 4) is 5.75 Å². The molecule has 0 aliphatic rings. The highest BCUT2D eigenvalue weighted by molar-refractivity contribution is 5.76. The maximum absolute atomic E-state index is 5.80. The number of ether oxygens (including phenoxy) is 1. The summed E-state index contributed by atoms with van der Waals surface area (Å²) in [5.41, 5.74) is 3.85. The van der Waals surface area contributed by atoms with Gasteiger partial charge < -0.3 is 10.1 Å². The predicted octanol–water partition coefficient (Wildman–Crippen LogP) is 4.95. The molecule has 0 unspecified atom stereocenters. The van der Waals surface area contributed by atoms with Crippen molar-refractivity contribution in [2.45, 2.75) is 6.61 Å². The Labute approximate surface area is 146 Å². The van der Waals surface area contributed by atoms with Crippen molar-refractivity contribution >= 4 is 22.5 Å². The lowest BCUT2D eigenvalue weighted by molar-refractivity contribution is 0.306. The van der Waals surface area contributed by atoms with Gasteiger partial charge in [-0.1, -0.05) is 42.5 Å². The van der Waals surface area contributed by atoms with Crippen LogP contribution in [-0.4, -0.2) is 9.97 Å². The molecule has 0 atom stereocenters. The van der Waals surface area contributed by atoms with E-state index in [1.165, 1.54) is 0 Å². The number of rotatable bonds is 5. The summed E-state index contributed by atoms with van der Waals surface area (Å²) in [7, 11) is 0. The van der Waals surface area contributed by atoms with Crippen molar-refractivity contribution in [3.63, 3.8) is 0 Å². The van der Waals surface area contributed by atoms with Gasteiger partial charge in [-0.2, -0.15) is 0 Å². The Morgan fingerprint density at radius 1 is 0.760 bits per heavy atom. The topological polar surface area (TPSA) is 47.0 Å². The summed E-state index contributed by atoms with van der Waals surface area (Å²) in [6.07, 6.45) is 1.74. The molecule has 0 aliphatic heterocycles. The number of aromatic nitrogens is 2.